The average molecular weight is 357 g/mol. The van der Waals surface area contributed by atoms with Crippen molar-refractivity contribution >= 4 is 21.6 Å². The van der Waals surface area contributed by atoms with E-state index in [4.69, 9.17) is 11.6 Å². The lowest BCUT2D eigenvalue weighted by Crippen LogP contribution is -2.31. The maximum absolute atomic E-state index is 13.6. The topological polar surface area (TPSA) is 58.2 Å². The smallest absolute Gasteiger partial charge is 0.213 e. The minimum Gasteiger partial charge on any atom is -0.311 e. The molecule has 2 aromatic rings. The Bertz CT molecular complexity index is 719. The molecular formula is C16H18ClFN2O2S. The van der Waals surface area contributed by atoms with Gasteiger partial charge in [0, 0.05) is 30.2 Å². The van der Waals surface area contributed by atoms with Crippen molar-refractivity contribution in [1.29, 1.82) is 0 Å². The molecule has 2 N–H and O–H groups in total. The Labute approximate surface area is 140 Å². The summed E-state index contributed by atoms with van der Waals surface area (Å²) in [7, 11) is -3.39. The minimum absolute atomic E-state index is 0.0914. The van der Waals surface area contributed by atoms with Crippen molar-refractivity contribution in [3.63, 3.8) is 0 Å². The van der Waals surface area contributed by atoms with Crippen LogP contribution in [0.15, 0.2) is 48.5 Å². The number of hydrogen-bond donors (Lipinski definition) is 2. The molecule has 0 aliphatic heterocycles. The van der Waals surface area contributed by atoms with Gasteiger partial charge in [0.2, 0.25) is 10.0 Å². The number of halogens is 2. The number of hydrogen-bond acceptors (Lipinski definition) is 3. The van der Waals surface area contributed by atoms with Crippen molar-refractivity contribution in [2.24, 2.45) is 0 Å². The SMILES string of the molecule is O=S(=O)(CCNCc1c(F)cccc1Cl)NCc1ccccc1. The van der Waals surface area contributed by atoms with Crippen LogP contribution in [0.1, 0.15) is 11.1 Å². The molecule has 0 amide bonds. The molecule has 2 aromatic carbocycles. The van der Waals surface area contributed by atoms with E-state index in [1.165, 1.54) is 12.1 Å². The molecule has 0 spiro atoms. The third-order valence-corrected chi connectivity index (χ3v) is 4.93. The maximum Gasteiger partial charge on any atom is 0.213 e. The summed E-state index contributed by atoms with van der Waals surface area (Å²) < 4.78 is 39.9. The molecule has 0 aromatic heterocycles. The summed E-state index contributed by atoms with van der Waals surface area (Å²) in [5.74, 6) is -0.499. The Balaban J connectivity index is 1.77. The third-order valence-electron chi connectivity index (χ3n) is 3.25. The van der Waals surface area contributed by atoms with Gasteiger partial charge in [0.05, 0.1) is 5.75 Å². The van der Waals surface area contributed by atoms with Crippen LogP contribution >= 0.6 is 11.6 Å². The summed E-state index contributed by atoms with van der Waals surface area (Å²) in [4.78, 5) is 0. The molecule has 0 aliphatic carbocycles. The molecular weight excluding hydrogens is 339 g/mol. The molecule has 0 radical (unpaired) electrons. The van der Waals surface area contributed by atoms with Crippen LogP contribution in [0.5, 0.6) is 0 Å². The zero-order chi connectivity index (χ0) is 16.7. The molecule has 4 nitrogen and oxygen atoms in total. The van der Waals surface area contributed by atoms with E-state index in [1.54, 1.807) is 6.07 Å². The van der Waals surface area contributed by atoms with Gasteiger partial charge in [-0.2, -0.15) is 0 Å². The van der Waals surface area contributed by atoms with Crippen LogP contribution in [-0.2, 0) is 23.1 Å². The van der Waals surface area contributed by atoms with Crippen molar-refractivity contribution in [3.8, 4) is 0 Å². The summed E-state index contributed by atoms with van der Waals surface area (Å²) in [5.41, 5.74) is 1.23. The van der Waals surface area contributed by atoms with Crippen LogP contribution < -0.4 is 10.0 Å². The van der Waals surface area contributed by atoms with Crippen molar-refractivity contribution in [3.05, 3.63) is 70.5 Å². The molecule has 0 bridgehead atoms. The van der Waals surface area contributed by atoms with E-state index in [-0.39, 0.29) is 25.4 Å². The van der Waals surface area contributed by atoms with Gasteiger partial charge in [-0.15, -0.1) is 0 Å². The first-order valence-electron chi connectivity index (χ1n) is 7.13. The summed E-state index contributed by atoms with van der Waals surface area (Å²) in [6.45, 7) is 0.636. The molecule has 0 atom stereocenters. The Morgan fingerprint density at radius 1 is 1.00 bits per heavy atom. The maximum atomic E-state index is 13.6. The quantitative estimate of drug-likeness (QED) is 0.715. The average Bonchev–Trinajstić information content (AvgIpc) is 2.53. The fraction of sp³-hybridized carbons (Fsp3) is 0.250. The van der Waals surface area contributed by atoms with Gasteiger partial charge in [0.25, 0.3) is 0 Å². The summed E-state index contributed by atoms with van der Waals surface area (Å²) in [6.07, 6.45) is 0. The van der Waals surface area contributed by atoms with Gasteiger partial charge in [-0.25, -0.2) is 17.5 Å². The number of sulfonamides is 1. The number of nitrogens with one attached hydrogen (secondary N) is 2. The van der Waals surface area contributed by atoms with Gasteiger partial charge >= 0.3 is 0 Å². The zero-order valence-electron chi connectivity index (χ0n) is 12.4. The van der Waals surface area contributed by atoms with Crippen LogP contribution in [-0.4, -0.2) is 20.7 Å². The lowest BCUT2D eigenvalue weighted by Gasteiger charge is -2.09. The van der Waals surface area contributed by atoms with E-state index in [2.05, 4.69) is 10.0 Å². The second-order valence-electron chi connectivity index (χ2n) is 5.00. The fourth-order valence-electron chi connectivity index (χ4n) is 1.98. The molecule has 0 aliphatic rings. The monoisotopic (exact) mass is 356 g/mol. The highest BCUT2D eigenvalue weighted by atomic mass is 35.5. The normalized spacial score (nSPS) is 11.6. The van der Waals surface area contributed by atoms with Crippen LogP contribution in [0.4, 0.5) is 4.39 Å². The molecule has 7 heteroatoms. The van der Waals surface area contributed by atoms with Crippen LogP contribution in [0.3, 0.4) is 0 Å². The van der Waals surface area contributed by atoms with Crippen molar-refractivity contribution in [2.45, 2.75) is 13.1 Å². The van der Waals surface area contributed by atoms with Gasteiger partial charge < -0.3 is 5.32 Å². The third kappa shape index (κ3) is 5.91. The lowest BCUT2D eigenvalue weighted by atomic mass is 10.2. The van der Waals surface area contributed by atoms with Gasteiger partial charge in [0.1, 0.15) is 5.82 Å². The molecule has 23 heavy (non-hydrogen) atoms. The predicted octanol–water partition coefficient (Wildman–Crippen LogP) is 2.69. The van der Waals surface area contributed by atoms with E-state index in [9.17, 15) is 12.8 Å². The van der Waals surface area contributed by atoms with Gasteiger partial charge in [-0.3, -0.25) is 0 Å². The van der Waals surface area contributed by atoms with E-state index >= 15 is 0 Å². The molecule has 0 heterocycles. The standard InChI is InChI=1S/C16H18ClFN2O2S/c17-15-7-4-8-16(18)14(15)12-19-9-10-23(21,22)20-11-13-5-2-1-3-6-13/h1-8,19-20H,9-12H2. The van der Waals surface area contributed by atoms with Crippen LogP contribution in [0, 0.1) is 5.82 Å². The van der Waals surface area contributed by atoms with E-state index in [0.29, 0.717) is 10.6 Å². The van der Waals surface area contributed by atoms with Crippen molar-refractivity contribution in [2.75, 3.05) is 12.3 Å². The number of rotatable bonds is 8. The summed E-state index contributed by atoms with van der Waals surface area (Å²) in [6, 6.07) is 13.7. The molecule has 0 saturated heterocycles. The second-order valence-corrected chi connectivity index (χ2v) is 7.34. The lowest BCUT2D eigenvalue weighted by molar-refractivity contribution is 0.572. The first kappa shape index (κ1) is 17.9. The second kappa shape index (κ2) is 8.40. The Kier molecular flexibility index (Phi) is 6.53. The van der Waals surface area contributed by atoms with E-state index in [1.807, 2.05) is 30.3 Å². The van der Waals surface area contributed by atoms with Crippen molar-refractivity contribution in [1.82, 2.24) is 10.0 Å². The fourth-order valence-corrected chi connectivity index (χ4v) is 3.16. The predicted molar refractivity (Wildman–Crippen MR) is 90.2 cm³/mol. The highest BCUT2D eigenvalue weighted by molar-refractivity contribution is 7.89. The van der Waals surface area contributed by atoms with E-state index in [0.717, 1.165) is 5.56 Å². The highest BCUT2D eigenvalue weighted by Gasteiger charge is 2.10. The molecule has 0 saturated carbocycles. The van der Waals surface area contributed by atoms with E-state index < -0.39 is 15.8 Å². The largest absolute Gasteiger partial charge is 0.311 e. The van der Waals surface area contributed by atoms with Crippen LogP contribution in [0.2, 0.25) is 5.02 Å². The Morgan fingerprint density at radius 2 is 1.74 bits per heavy atom. The Hall–Kier alpha value is -1.47. The van der Waals surface area contributed by atoms with Gasteiger partial charge in [0.15, 0.2) is 0 Å². The highest BCUT2D eigenvalue weighted by Crippen LogP contribution is 2.18. The Morgan fingerprint density at radius 3 is 2.43 bits per heavy atom. The first-order valence-corrected chi connectivity index (χ1v) is 9.16. The summed E-state index contributed by atoms with van der Waals surface area (Å²) >= 11 is 5.91. The summed E-state index contributed by atoms with van der Waals surface area (Å²) in [5, 5.41) is 3.22. The van der Waals surface area contributed by atoms with Gasteiger partial charge in [-0.05, 0) is 17.7 Å². The van der Waals surface area contributed by atoms with Crippen LogP contribution in [0.25, 0.3) is 0 Å². The van der Waals surface area contributed by atoms with Gasteiger partial charge in [-0.1, -0.05) is 48.0 Å². The molecule has 124 valence electrons. The minimum atomic E-state index is -3.39. The molecule has 0 unspecified atom stereocenters. The number of benzene rings is 2. The zero-order valence-corrected chi connectivity index (χ0v) is 14.0. The molecule has 2 rings (SSSR count). The first-order chi connectivity index (χ1) is 11.0. The molecule has 0 fully saturated rings. The van der Waals surface area contributed by atoms with Crippen molar-refractivity contribution < 1.29 is 12.8 Å².